The zero-order valence-electron chi connectivity index (χ0n) is 12.0. The van der Waals surface area contributed by atoms with E-state index in [9.17, 15) is 30.6 Å². The van der Waals surface area contributed by atoms with E-state index >= 15 is 0 Å². The third-order valence-corrected chi connectivity index (χ3v) is 4.07. The third-order valence-electron chi connectivity index (χ3n) is 4.07. The van der Waals surface area contributed by atoms with Gasteiger partial charge in [-0.05, 0) is 0 Å². The zero-order chi connectivity index (χ0) is 17.4. The van der Waals surface area contributed by atoms with Gasteiger partial charge in [-0.3, -0.25) is 0 Å². The number of hydrogen-bond donors (Lipinski definition) is 8. The van der Waals surface area contributed by atoms with Crippen LogP contribution in [-0.2, 0) is 14.2 Å². The van der Waals surface area contributed by atoms with Gasteiger partial charge in [0.1, 0.15) is 49.3 Å². The molecule has 2 aliphatic heterocycles. The van der Waals surface area contributed by atoms with Gasteiger partial charge < -0.3 is 55.1 Å². The number of hydrogen-bond acceptors (Lipinski definition) is 11. The maximum atomic E-state index is 10.00. The molecule has 8 N–H and O–H groups in total. The van der Waals surface area contributed by atoms with Gasteiger partial charge in [0.25, 0.3) is 0 Å². The second-order valence-corrected chi connectivity index (χ2v) is 5.56. The van der Waals surface area contributed by atoms with E-state index in [1.165, 1.54) is 0 Å². The topological polar surface area (TPSA) is 190 Å². The van der Waals surface area contributed by atoms with E-state index in [0.29, 0.717) is 0 Å². The average molecular weight is 384 g/mol. The normalized spacial score (nSPS) is 49.0. The monoisotopic (exact) mass is 384 g/mol. The molecule has 12 heteroatoms. The summed E-state index contributed by atoms with van der Waals surface area (Å²) in [5.74, 6) is -2.22. The van der Waals surface area contributed by atoms with Crippen LogP contribution in [0, 0.1) is 0 Å². The Bertz CT molecular complexity index is 399. The van der Waals surface area contributed by atoms with Gasteiger partial charge in [0.05, 0.1) is 13.2 Å². The molecule has 2 rings (SSSR count). The van der Waals surface area contributed by atoms with Gasteiger partial charge in [-0.1, -0.05) is 0 Å². The second kappa shape index (κ2) is 9.15. The van der Waals surface area contributed by atoms with E-state index in [1.54, 1.807) is 0 Å². The van der Waals surface area contributed by atoms with E-state index in [2.05, 4.69) is 0 Å². The number of ether oxygens (including phenoxy) is 3. The molecule has 24 heavy (non-hydrogen) atoms. The molecule has 0 aliphatic carbocycles. The van der Waals surface area contributed by atoms with Crippen molar-refractivity contribution >= 4 is 37.7 Å². The minimum atomic E-state index is -2.22. The molecule has 2 saturated heterocycles. The molecular formula is C12H24CaO11. The number of aliphatic hydroxyl groups is 8. The summed E-state index contributed by atoms with van der Waals surface area (Å²) in [5, 5.41) is 76.7. The van der Waals surface area contributed by atoms with Gasteiger partial charge in [-0.25, -0.2) is 0 Å². The Hall–Kier alpha value is 0.820. The van der Waals surface area contributed by atoms with Crippen molar-refractivity contribution in [3.05, 3.63) is 0 Å². The summed E-state index contributed by atoms with van der Waals surface area (Å²) in [4.78, 5) is 0. The molecule has 0 aromatic carbocycles. The van der Waals surface area contributed by atoms with Crippen LogP contribution < -0.4 is 0 Å². The predicted molar refractivity (Wildman–Crippen MR) is 77.2 cm³/mol. The molecule has 2 fully saturated rings. The van der Waals surface area contributed by atoms with Crippen LogP contribution in [-0.4, -0.2) is 153 Å². The molecule has 0 aromatic rings. The Morgan fingerprint density at radius 3 is 1.83 bits per heavy atom. The number of rotatable bonds is 5. The van der Waals surface area contributed by atoms with Gasteiger partial charge in [-0.2, -0.15) is 0 Å². The molecule has 0 unspecified atom stereocenters. The first-order valence-corrected chi connectivity index (χ1v) is 7.05. The van der Waals surface area contributed by atoms with Gasteiger partial charge in [0, 0.05) is 0 Å². The van der Waals surface area contributed by atoms with Gasteiger partial charge in [-0.15, -0.1) is 0 Å². The summed E-state index contributed by atoms with van der Waals surface area (Å²) in [5.41, 5.74) is 0. The van der Waals surface area contributed by atoms with Crippen LogP contribution in [0.25, 0.3) is 0 Å². The van der Waals surface area contributed by atoms with Crippen LogP contribution in [0.1, 0.15) is 0 Å². The molecule has 0 saturated carbocycles. The first kappa shape index (κ1) is 22.9. The fourth-order valence-electron chi connectivity index (χ4n) is 2.63. The molecule has 9 atom stereocenters. The predicted octanol–water partition coefficient (Wildman–Crippen LogP) is -6.31. The van der Waals surface area contributed by atoms with E-state index in [-0.39, 0.29) is 37.7 Å². The van der Waals surface area contributed by atoms with E-state index in [0.717, 1.165) is 0 Å². The van der Waals surface area contributed by atoms with E-state index in [1.807, 2.05) is 0 Å². The van der Waals surface area contributed by atoms with Crippen molar-refractivity contribution in [2.45, 2.75) is 54.8 Å². The summed E-state index contributed by atoms with van der Waals surface area (Å²) in [6.45, 7) is -2.32. The van der Waals surface area contributed by atoms with Crippen molar-refractivity contribution in [2.24, 2.45) is 0 Å². The zero-order valence-corrected chi connectivity index (χ0v) is 12.0. The molecule has 2 aliphatic rings. The molecule has 0 aromatic heterocycles. The fourth-order valence-corrected chi connectivity index (χ4v) is 2.63. The van der Waals surface area contributed by atoms with Crippen LogP contribution in [0.3, 0.4) is 0 Å². The average Bonchev–Trinajstić information content (AvgIpc) is 2.80. The van der Waals surface area contributed by atoms with Gasteiger partial charge in [0.15, 0.2) is 6.29 Å². The van der Waals surface area contributed by atoms with Crippen molar-refractivity contribution < 1.29 is 55.1 Å². The standard InChI is InChI=1S/C12H22O11.Ca.2H/c13-1-4-6(16)8(18)9(19)11(21-4)23-12(3-15)10(20)7(17)5(2-14)22-12;;;/h4-11,13-20H,1-3H2;;;/t4-,5-,6-,7-,8+,9-,10+,11-,12+;;;/m1.../s1. The molecule has 140 valence electrons. The van der Waals surface area contributed by atoms with E-state index < -0.39 is 74.6 Å². The minimum absolute atomic E-state index is 0. The summed E-state index contributed by atoms with van der Waals surface area (Å²) in [7, 11) is 0. The molecule has 0 amide bonds. The Labute approximate surface area is 167 Å². The SMILES string of the molecule is OC[C@H]1O[C@@](CO)(O[C@H]2O[C@H](CO)[C@@H](O)[C@H](O)[C@H]2O)[C@@H](O)[C@@H]1O.[CaH2]. The van der Waals surface area contributed by atoms with Gasteiger partial charge >= 0.3 is 37.7 Å². The van der Waals surface area contributed by atoms with Crippen LogP contribution in [0.2, 0.25) is 0 Å². The summed E-state index contributed by atoms with van der Waals surface area (Å²) in [6.07, 6.45) is -12.7. The maximum absolute atomic E-state index is 10.00. The Morgan fingerprint density at radius 1 is 0.792 bits per heavy atom. The van der Waals surface area contributed by atoms with Crippen LogP contribution >= 0.6 is 0 Å². The Kier molecular flexibility index (Phi) is 8.71. The Morgan fingerprint density at radius 2 is 1.38 bits per heavy atom. The first-order valence-electron chi connectivity index (χ1n) is 7.05. The third kappa shape index (κ3) is 4.05. The van der Waals surface area contributed by atoms with Crippen molar-refractivity contribution in [1.29, 1.82) is 0 Å². The van der Waals surface area contributed by atoms with Crippen LogP contribution in [0.5, 0.6) is 0 Å². The van der Waals surface area contributed by atoms with Crippen LogP contribution in [0.4, 0.5) is 0 Å². The molecule has 0 bridgehead atoms. The molecule has 0 radical (unpaired) electrons. The Balaban J connectivity index is 0.00000288. The van der Waals surface area contributed by atoms with Crippen molar-refractivity contribution in [2.75, 3.05) is 19.8 Å². The number of aliphatic hydroxyl groups excluding tert-OH is 8. The summed E-state index contributed by atoms with van der Waals surface area (Å²) >= 11 is 0. The van der Waals surface area contributed by atoms with Crippen LogP contribution in [0.15, 0.2) is 0 Å². The molecular weight excluding hydrogens is 360 g/mol. The molecule has 11 nitrogen and oxygen atoms in total. The fraction of sp³-hybridized carbons (Fsp3) is 1.00. The van der Waals surface area contributed by atoms with Crippen molar-refractivity contribution in [1.82, 2.24) is 0 Å². The van der Waals surface area contributed by atoms with Gasteiger partial charge in [0.2, 0.25) is 5.79 Å². The summed E-state index contributed by atoms with van der Waals surface area (Å²) in [6, 6.07) is 0. The van der Waals surface area contributed by atoms with E-state index in [4.69, 9.17) is 24.4 Å². The molecule has 0 spiro atoms. The quantitative estimate of drug-likeness (QED) is 0.210. The van der Waals surface area contributed by atoms with Crippen molar-refractivity contribution in [3.8, 4) is 0 Å². The second-order valence-electron chi connectivity index (χ2n) is 5.56. The van der Waals surface area contributed by atoms with Crippen molar-refractivity contribution in [3.63, 3.8) is 0 Å². The molecule has 2 heterocycles. The summed E-state index contributed by atoms with van der Waals surface area (Å²) < 4.78 is 15.4. The first-order chi connectivity index (χ1) is 10.8.